The van der Waals surface area contributed by atoms with Gasteiger partial charge in [0.15, 0.2) is 0 Å². The molecule has 0 spiro atoms. The zero-order chi connectivity index (χ0) is 17.3. The number of ether oxygens (including phenoxy) is 2. The van der Waals surface area contributed by atoms with Gasteiger partial charge < -0.3 is 19.4 Å². The van der Waals surface area contributed by atoms with E-state index in [0.717, 1.165) is 5.56 Å². The summed E-state index contributed by atoms with van der Waals surface area (Å²) in [5.41, 5.74) is 0.449. The van der Waals surface area contributed by atoms with Gasteiger partial charge in [-0.1, -0.05) is 30.3 Å². The lowest BCUT2D eigenvalue weighted by molar-refractivity contribution is -0.312. The van der Waals surface area contributed by atoms with Gasteiger partial charge in [-0.2, -0.15) is 0 Å². The molecule has 0 bridgehead atoms. The van der Waals surface area contributed by atoms with Crippen LogP contribution in [-0.4, -0.2) is 24.1 Å². The molecule has 0 fully saturated rings. The van der Waals surface area contributed by atoms with Gasteiger partial charge in [-0.15, -0.1) is 0 Å². The minimum absolute atomic E-state index is 0.168. The molecule has 0 heterocycles. The van der Waals surface area contributed by atoms with Gasteiger partial charge in [-0.3, -0.25) is 4.79 Å². The van der Waals surface area contributed by atoms with E-state index in [1.54, 1.807) is 20.8 Å². The Kier molecular flexibility index (Phi) is 7.75. The van der Waals surface area contributed by atoms with Gasteiger partial charge in [0, 0.05) is 18.5 Å². The van der Waals surface area contributed by atoms with E-state index < -0.39 is 23.5 Å². The van der Waals surface area contributed by atoms with Gasteiger partial charge in [0.25, 0.3) is 0 Å². The SMILES string of the molecule is CC(C)(C)OC(=O)C[C@H](CCCOCc1ccccc1)C(=O)[O-]. The largest absolute Gasteiger partial charge is 0.550 e. The molecule has 0 N–H and O–H groups in total. The number of esters is 1. The van der Waals surface area contributed by atoms with E-state index in [2.05, 4.69) is 0 Å². The molecule has 0 saturated carbocycles. The van der Waals surface area contributed by atoms with E-state index in [1.165, 1.54) is 0 Å². The molecule has 1 rings (SSSR count). The minimum atomic E-state index is -1.22. The Morgan fingerprint density at radius 1 is 1.17 bits per heavy atom. The van der Waals surface area contributed by atoms with Crippen molar-refractivity contribution in [2.75, 3.05) is 6.61 Å². The fraction of sp³-hybridized carbons (Fsp3) is 0.556. The monoisotopic (exact) mass is 321 g/mol. The Morgan fingerprint density at radius 2 is 1.83 bits per heavy atom. The average Bonchev–Trinajstić information content (AvgIpc) is 2.44. The van der Waals surface area contributed by atoms with Crippen molar-refractivity contribution in [2.24, 2.45) is 5.92 Å². The molecule has 1 aromatic carbocycles. The lowest BCUT2D eigenvalue weighted by atomic mass is 10.00. The molecule has 1 aromatic rings. The highest BCUT2D eigenvalue weighted by Gasteiger charge is 2.21. The van der Waals surface area contributed by atoms with Crippen LogP contribution >= 0.6 is 0 Å². The third-order valence-corrected chi connectivity index (χ3v) is 3.12. The van der Waals surface area contributed by atoms with E-state index in [-0.39, 0.29) is 6.42 Å². The molecule has 5 heteroatoms. The molecule has 0 radical (unpaired) electrons. The molecule has 1 atom stereocenters. The number of carboxylic acid groups (broad SMARTS) is 1. The van der Waals surface area contributed by atoms with Crippen LogP contribution < -0.4 is 5.11 Å². The average molecular weight is 321 g/mol. The van der Waals surface area contributed by atoms with Crippen LogP contribution in [0.1, 0.15) is 45.6 Å². The summed E-state index contributed by atoms with van der Waals surface area (Å²) in [6.07, 6.45) is 0.711. The maximum atomic E-state index is 11.7. The van der Waals surface area contributed by atoms with Crippen LogP contribution in [0.25, 0.3) is 0 Å². The normalized spacial score (nSPS) is 12.7. The highest BCUT2D eigenvalue weighted by atomic mass is 16.6. The van der Waals surface area contributed by atoms with Crippen molar-refractivity contribution in [2.45, 2.75) is 52.2 Å². The van der Waals surface area contributed by atoms with Gasteiger partial charge in [0.2, 0.25) is 0 Å². The second-order valence-corrected chi connectivity index (χ2v) is 6.49. The van der Waals surface area contributed by atoms with Gasteiger partial charge in [0.1, 0.15) is 5.60 Å². The van der Waals surface area contributed by atoms with Crippen molar-refractivity contribution in [1.29, 1.82) is 0 Å². The number of carbonyl (C=O) groups is 2. The Balaban J connectivity index is 2.28. The number of rotatable bonds is 9. The summed E-state index contributed by atoms with van der Waals surface area (Å²) < 4.78 is 10.6. The molecule has 128 valence electrons. The summed E-state index contributed by atoms with van der Waals surface area (Å²) in [4.78, 5) is 22.8. The summed E-state index contributed by atoms with van der Waals surface area (Å²) in [5, 5.41) is 11.1. The first kappa shape index (κ1) is 19.2. The number of benzene rings is 1. The molecule has 0 aliphatic carbocycles. The molecule has 0 saturated heterocycles. The summed E-state index contributed by atoms with van der Waals surface area (Å²) in [6.45, 7) is 6.17. The lowest BCUT2D eigenvalue weighted by Gasteiger charge is -2.22. The summed E-state index contributed by atoms with van der Waals surface area (Å²) in [5.74, 6) is -2.58. The van der Waals surface area contributed by atoms with E-state index in [4.69, 9.17) is 9.47 Å². The van der Waals surface area contributed by atoms with Crippen LogP contribution in [0, 0.1) is 5.92 Å². The van der Waals surface area contributed by atoms with E-state index in [0.29, 0.717) is 26.1 Å². The van der Waals surface area contributed by atoms with Gasteiger partial charge >= 0.3 is 5.97 Å². The maximum absolute atomic E-state index is 11.7. The van der Waals surface area contributed by atoms with Crippen LogP contribution in [0.5, 0.6) is 0 Å². The number of carboxylic acids is 1. The van der Waals surface area contributed by atoms with Crippen molar-refractivity contribution in [1.82, 2.24) is 0 Å². The lowest BCUT2D eigenvalue weighted by Crippen LogP contribution is -2.34. The number of hydrogen-bond donors (Lipinski definition) is 0. The number of carbonyl (C=O) groups excluding carboxylic acids is 2. The third kappa shape index (κ3) is 8.98. The van der Waals surface area contributed by atoms with Crippen LogP contribution in [0.2, 0.25) is 0 Å². The first-order chi connectivity index (χ1) is 10.8. The van der Waals surface area contributed by atoms with Crippen molar-refractivity contribution >= 4 is 11.9 Å². The zero-order valence-electron chi connectivity index (χ0n) is 14.0. The Morgan fingerprint density at radius 3 is 2.39 bits per heavy atom. The van der Waals surface area contributed by atoms with Crippen molar-refractivity contribution in [3.63, 3.8) is 0 Å². The molecule has 0 unspecified atom stereocenters. The zero-order valence-corrected chi connectivity index (χ0v) is 14.0. The summed E-state index contributed by atoms with van der Waals surface area (Å²) in [7, 11) is 0. The van der Waals surface area contributed by atoms with Crippen LogP contribution in [-0.2, 0) is 25.7 Å². The number of aliphatic carboxylic acids is 1. The Labute approximate surface area is 137 Å². The predicted octanol–water partition coefficient (Wildman–Crippen LogP) is 2.08. The Bertz CT molecular complexity index is 490. The highest BCUT2D eigenvalue weighted by molar-refractivity contribution is 5.77. The third-order valence-electron chi connectivity index (χ3n) is 3.12. The standard InChI is InChI=1S/C18H26O5/c1-18(2,3)23-16(19)12-15(17(20)21)10-7-11-22-13-14-8-5-4-6-9-14/h4-6,8-9,15H,7,10-13H2,1-3H3,(H,20,21)/p-1/t15-/m0/s1. The van der Waals surface area contributed by atoms with Crippen LogP contribution in [0.3, 0.4) is 0 Å². The molecule has 0 aliphatic rings. The van der Waals surface area contributed by atoms with Crippen molar-refractivity contribution in [3.05, 3.63) is 35.9 Å². The molecule has 5 nitrogen and oxygen atoms in total. The molecule has 0 aliphatic heterocycles. The van der Waals surface area contributed by atoms with E-state index in [9.17, 15) is 14.7 Å². The van der Waals surface area contributed by atoms with Gasteiger partial charge in [-0.25, -0.2) is 0 Å². The molecular formula is C18H25O5-. The van der Waals surface area contributed by atoms with E-state index >= 15 is 0 Å². The van der Waals surface area contributed by atoms with Crippen LogP contribution in [0.15, 0.2) is 30.3 Å². The smallest absolute Gasteiger partial charge is 0.306 e. The first-order valence-corrected chi connectivity index (χ1v) is 7.82. The quantitative estimate of drug-likeness (QED) is 0.514. The number of hydrogen-bond acceptors (Lipinski definition) is 5. The van der Waals surface area contributed by atoms with Gasteiger partial charge in [-0.05, 0) is 39.2 Å². The van der Waals surface area contributed by atoms with Crippen molar-refractivity contribution in [3.8, 4) is 0 Å². The second-order valence-electron chi connectivity index (χ2n) is 6.49. The fourth-order valence-corrected chi connectivity index (χ4v) is 2.08. The molecule has 23 heavy (non-hydrogen) atoms. The second kappa shape index (κ2) is 9.30. The topological polar surface area (TPSA) is 75.7 Å². The van der Waals surface area contributed by atoms with Crippen molar-refractivity contribution < 1.29 is 24.2 Å². The maximum Gasteiger partial charge on any atom is 0.306 e. The predicted molar refractivity (Wildman–Crippen MR) is 84.3 cm³/mol. The fourth-order valence-electron chi connectivity index (χ4n) is 2.08. The summed E-state index contributed by atoms with van der Waals surface area (Å²) in [6, 6.07) is 9.74. The summed E-state index contributed by atoms with van der Waals surface area (Å²) >= 11 is 0. The molecular weight excluding hydrogens is 296 g/mol. The minimum Gasteiger partial charge on any atom is -0.550 e. The molecule has 0 aromatic heterocycles. The first-order valence-electron chi connectivity index (χ1n) is 7.82. The Hall–Kier alpha value is -1.88. The van der Waals surface area contributed by atoms with E-state index in [1.807, 2.05) is 30.3 Å². The molecule has 0 amide bonds. The highest BCUT2D eigenvalue weighted by Crippen LogP contribution is 2.16. The van der Waals surface area contributed by atoms with Crippen LogP contribution in [0.4, 0.5) is 0 Å². The van der Waals surface area contributed by atoms with Gasteiger partial charge in [0.05, 0.1) is 13.0 Å².